The van der Waals surface area contributed by atoms with Crippen LogP contribution in [0.4, 0.5) is 5.82 Å². The van der Waals surface area contributed by atoms with E-state index in [2.05, 4.69) is 15.4 Å². The van der Waals surface area contributed by atoms with Crippen molar-refractivity contribution in [2.75, 3.05) is 5.32 Å². The van der Waals surface area contributed by atoms with Crippen LogP contribution in [0, 0.1) is 6.92 Å². The molecule has 4 rings (SSSR count). The second-order valence-corrected chi connectivity index (χ2v) is 6.85. The monoisotopic (exact) mass is 351 g/mol. The number of nitrogens with zero attached hydrogens (tertiary/aromatic N) is 4. The molecule has 1 fully saturated rings. The summed E-state index contributed by atoms with van der Waals surface area (Å²) in [5.41, 5.74) is 1.41. The number of nitrogens with one attached hydrogen (secondary N) is 1. The number of anilines is 1. The van der Waals surface area contributed by atoms with E-state index in [1.54, 1.807) is 18.3 Å². The van der Waals surface area contributed by atoms with Crippen LogP contribution >= 0.6 is 0 Å². The molecule has 0 radical (unpaired) electrons. The number of carbonyl (C=O) groups is 1. The van der Waals surface area contributed by atoms with Crippen LogP contribution < -0.4 is 10.9 Å². The molecule has 134 valence electrons. The van der Waals surface area contributed by atoms with E-state index in [-0.39, 0.29) is 18.0 Å². The van der Waals surface area contributed by atoms with Crippen LogP contribution in [0.15, 0.2) is 41.6 Å². The molecule has 0 unspecified atom stereocenters. The van der Waals surface area contributed by atoms with Crippen LogP contribution in [0.3, 0.4) is 0 Å². The summed E-state index contributed by atoms with van der Waals surface area (Å²) < 4.78 is 3.23. The summed E-state index contributed by atoms with van der Waals surface area (Å²) in [6.45, 7) is 1.85. The van der Waals surface area contributed by atoms with E-state index >= 15 is 0 Å². The zero-order chi connectivity index (χ0) is 18.1. The summed E-state index contributed by atoms with van der Waals surface area (Å²) in [7, 11) is 0. The van der Waals surface area contributed by atoms with Gasteiger partial charge in [0.05, 0.1) is 29.5 Å². The van der Waals surface area contributed by atoms with Crippen LogP contribution in [0.5, 0.6) is 0 Å². The van der Waals surface area contributed by atoms with Crippen LogP contribution in [0.25, 0.3) is 10.9 Å². The second-order valence-electron chi connectivity index (χ2n) is 6.85. The summed E-state index contributed by atoms with van der Waals surface area (Å²) >= 11 is 0. The summed E-state index contributed by atoms with van der Waals surface area (Å²) in [6.07, 6.45) is 7.66. The molecule has 1 amide bonds. The van der Waals surface area contributed by atoms with Gasteiger partial charge >= 0.3 is 0 Å². The van der Waals surface area contributed by atoms with Crippen molar-refractivity contribution in [3.8, 4) is 0 Å². The van der Waals surface area contributed by atoms with E-state index in [0.29, 0.717) is 22.8 Å². The Hall–Kier alpha value is -2.96. The molecule has 1 aliphatic rings. The highest BCUT2D eigenvalue weighted by molar-refractivity contribution is 5.90. The highest BCUT2D eigenvalue weighted by atomic mass is 16.2. The van der Waals surface area contributed by atoms with Gasteiger partial charge in [0.1, 0.15) is 12.4 Å². The number of fused-ring (bicyclic) bond motifs is 1. The van der Waals surface area contributed by atoms with Crippen molar-refractivity contribution in [1.82, 2.24) is 19.3 Å². The summed E-state index contributed by atoms with van der Waals surface area (Å²) in [4.78, 5) is 29.4. The molecule has 0 bridgehead atoms. The minimum Gasteiger partial charge on any atom is -0.309 e. The maximum atomic E-state index is 12.6. The third-order valence-corrected chi connectivity index (χ3v) is 4.90. The Morgan fingerprint density at radius 2 is 2.08 bits per heavy atom. The summed E-state index contributed by atoms with van der Waals surface area (Å²) in [6, 6.07) is 7.66. The molecule has 3 aromatic rings. The second kappa shape index (κ2) is 6.74. The van der Waals surface area contributed by atoms with Crippen molar-refractivity contribution in [2.45, 2.75) is 45.2 Å². The van der Waals surface area contributed by atoms with Crippen molar-refractivity contribution in [3.63, 3.8) is 0 Å². The Balaban J connectivity index is 1.54. The minimum absolute atomic E-state index is 0.0778. The fraction of sp³-hybridized carbons (Fsp3) is 0.368. The number of hydrogen-bond donors (Lipinski definition) is 1. The largest absolute Gasteiger partial charge is 0.309 e. The molecule has 7 nitrogen and oxygen atoms in total. The predicted octanol–water partition coefficient (Wildman–Crippen LogP) is 2.66. The van der Waals surface area contributed by atoms with E-state index in [9.17, 15) is 9.59 Å². The zero-order valence-electron chi connectivity index (χ0n) is 14.7. The number of hydrogen-bond acceptors (Lipinski definition) is 4. The maximum Gasteiger partial charge on any atom is 0.261 e. The molecule has 0 saturated heterocycles. The average Bonchev–Trinajstić information content (AvgIpc) is 3.29. The lowest BCUT2D eigenvalue weighted by atomic mass is 10.2. The van der Waals surface area contributed by atoms with Gasteiger partial charge < -0.3 is 5.32 Å². The van der Waals surface area contributed by atoms with Gasteiger partial charge in [-0.1, -0.05) is 24.5 Å². The first-order chi connectivity index (χ1) is 12.6. The Morgan fingerprint density at radius 1 is 1.27 bits per heavy atom. The van der Waals surface area contributed by atoms with E-state index in [1.165, 1.54) is 23.7 Å². The maximum absolute atomic E-state index is 12.6. The van der Waals surface area contributed by atoms with Gasteiger partial charge in [0.2, 0.25) is 5.91 Å². The first kappa shape index (κ1) is 16.5. The molecule has 0 atom stereocenters. The van der Waals surface area contributed by atoms with Crippen molar-refractivity contribution in [3.05, 3.63) is 52.7 Å². The Labute approximate surface area is 150 Å². The Morgan fingerprint density at radius 3 is 2.88 bits per heavy atom. The molecule has 1 N–H and O–H groups in total. The Bertz CT molecular complexity index is 1010. The molecule has 1 aromatic carbocycles. The van der Waals surface area contributed by atoms with Gasteiger partial charge in [0.15, 0.2) is 0 Å². The lowest BCUT2D eigenvalue weighted by Gasteiger charge is -2.15. The number of amides is 1. The SMILES string of the molecule is Cc1ccc2ncn(CC(=O)Nc3ccnn3C3CCCC3)c(=O)c2c1. The molecule has 7 heteroatoms. The smallest absolute Gasteiger partial charge is 0.261 e. The van der Waals surface area contributed by atoms with Crippen LogP contribution in [0.1, 0.15) is 37.3 Å². The highest BCUT2D eigenvalue weighted by Crippen LogP contribution is 2.31. The van der Waals surface area contributed by atoms with Crippen molar-refractivity contribution < 1.29 is 4.79 Å². The third kappa shape index (κ3) is 3.12. The lowest BCUT2D eigenvalue weighted by molar-refractivity contribution is -0.116. The zero-order valence-corrected chi connectivity index (χ0v) is 14.7. The van der Waals surface area contributed by atoms with Crippen molar-refractivity contribution >= 4 is 22.6 Å². The lowest BCUT2D eigenvalue weighted by Crippen LogP contribution is -2.28. The normalized spacial score (nSPS) is 14.8. The minimum atomic E-state index is -0.263. The molecule has 1 saturated carbocycles. The first-order valence-corrected chi connectivity index (χ1v) is 8.91. The van der Waals surface area contributed by atoms with Gasteiger partial charge in [-0.15, -0.1) is 0 Å². The van der Waals surface area contributed by atoms with Crippen molar-refractivity contribution in [1.29, 1.82) is 0 Å². The molecule has 1 aliphatic carbocycles. The van der Waals surface area contributed by atoms with Gasteiger partial charge in [-0.2, -0.15) is 5.10 Å². The van der Waals surface area contributed by atoms with Gasteiger partial charge in [-0.05, 0) is 31.9 Å². The van der Waals surface area contributed by atoms with E-state index in [0.717, 1.165) is 18.4 Å². The van der Waals surface area contributed by atoms with E-state index < -0.39 is 0 Å². The molecular weight excluding hydrogens is 330 g/mol. The number of aryl methyl sites for hydroxylation is 1. The van der Waals surface area contributed by atoms with Crippen LogP contribution in [-0.4, -0.2) is 25.2 Å². The summed E-state index contributed by atoms with van der Waals surface area (Å²) in [5, 5.41) is 7.75. The quantitative estimate of drug-likeness (QED) is 0.783. The molecule has 0 spiro atoms. The van der Waals surface area contributed by atoms with E-state index in [4.69, 9.17) is 0 Å². The van der Waals surface area contributed by atoms with Gasteiger partial charge in [-0.3, -0.25) is 14.2 Å². The molecule has 0 aliphatic heterocycles. The molecular formula is C19H21N5O2. The third-order valence-electron chi connectivity index (χ3n) is 4.90. The van der Waals surface area contributed by atoms with Crippen LogP contribution in [-0.2, 0) is 11.3 Å². The molecule has 2 heterocycles. The first-order valence-electron chi connectivity index (χ1n) is 8.91. The number of carbonyl (C=O) groups excluding carboxylic acids is 1. The summed E-state index contributed by atoms with van der Waals surface area (Å²) in [5.74, 6) is 0.417. The molecule has 2 aromatic heterocycles. The standard InChI is InChI=1S/C19H21N5O2/c1-13-6-7-16-15(10-13)19(26)23(12-20-16)11-18(25)22-17-8-9-21-24(17)14-4-2-3-5-14/h6-10,12,14H,2-5,11H2,1H3,(H,22,25). The van der Waals surface area contributed by atoms with E-state index in [1.807, 2.05) is 23.7 Å². The van der Waals surface area contributed by atoms with Gasteiger partial charge in [-0.25, -0.2) is 9.67 Å². The molecule has 26 heavy (non-hydrogen) atoms. The topological polar surface area (TPSA) is 81.8 Å². The Kier molecular flexibility index (Phi) is 4.28. The fourth-order valence-electron chi connectivity index (χ4n) is 3.58. The highest BCUT2D eigenvalue weighted by Gasteiger charge is 2.20. The predicted molar refractivity (Wildman–Crippen MR) is 99.1 cm³/mol. The number of benzene rings is 1. The van der Waals surface area contributed by atoms with Crippen molar-refractivity contribution in [2.24, 2.45) is 0 Å². The fourth-order valence-corrected chi connectivity index (χ4v) is 3.58. The van der Waals surface area contributed by atoms with Gasteiger partial charge in [0, 0.05) is 6.07 Å². The number of aromatic nitrogens is 4. The number of rotatable bonds is 4. The average molecular weight is 351 g/mol. The van der Waals surface area contributed by atoms with Crippen LogP contribution in [0.2, 0.25) is 0 Å². The van der Waals surface area contributed by atoms with Gasteiger partial charge in [0.25, 0.3) is 5.56 Å².